The van der Waals surface area contributed by atoms with Crippen LogP contribution in [0.5, 0.6) is 0 Å². The van der Waals surface area contributed by atoms with Gasteiger partial charge < -0.3 is 28.5 Å². The number of quaternary nitrogens is 1. The van der Waals surface area contributed by atoms with E-state index in [9.17, 15) is 19.0 Å². The van der Waals surface area contributed by atoms with Crippen molar-refractivity contribution in [3.05, 3.63) is 48.6 Å². The fourth-order valence-electron chi connectivity index (χ4n) is 10.3. The van der Waals surface area contributed by atoms with Crippen LogP contribution < -0.4 is 10.2 Å². The summed E-state index contributed by atoms with van der Waals surface area (Å²) in [7, 11) is 1.19. The highest BCUT2D eigenvalue weighted by Crippen LogP contribution is 2.38. The Balaban J connectivity index is 4.97. The molecule has 1 N–H and O–H groups in total. The van der Waals surface area contributed by atoms with Crippen LogP contribution in [-0.4, -0.2) is 69.4 Å². The van der Waals surface area contributed by atoms with Gasteiger partial charge in [-0.2, -0.15) is 0 Å². The summed E-state index contributed by atoms with van der Waals surface area (Å²) >= 11 is 0. The van der Waals surface area contributed by atoms with Gasteiger partial charge in [-0.25, -0.2) is 0 Å². The highest BCUT2D eigenvalue weighted by molar-refractivity contribution is 7.45. The average molecular weight is 1160 g/mol. The van der Waals surface area contributed by atoms with Gasteiger partial charge in [0.15, 0.2) is 0 Å². The monoisotopic (exact) mass is 1160 g/mol. The molecule has 0 aromatic carbocycles. The smallest absolute Gasteiger partial charge is 0.306 e. The fraction of sp³-hybridized carbons (Fsp3) is 0.859. The summed E-state index contributed by atoms with van der Waals surface area (Å²) in [6.45, 7) is 6.84. The number of esters is 1. The number of nitrogens with zero attached hydrogens (tertiary/aromatic N) is 1. The number of rotatable bonds is 64. The summed E-state index contributed by atoms with van der Waals surface area (Å²) in [5, 5.41) is 3.03. The van der Waals surface area contributed by atoms with Gasteiger partial charge in [-0.15, -0.1) is 0 Å². The van der Waals surface area contributed by atoms with E-state index in [1.165, 1.54) is 231 Å². The van der Waals surface area contributed by atoms with Crippen LogP contribution in [0, 0.1) is 0 Å². The Morgan fingerprint density at radius 1 is 0.432 bits per heavy atom. The number of nitrogens with one attached hydrogen (secondary N) is 1. The molecule has 0 aromatic heterocycles. The number of allylic oxidation sites excluding steroid dienone is 7. The van der Waals surface area contributed by atoms with Crippen molar-refractivity contribution in [1.29, 1.82) is 0 Å². The molecule has 476 valence electrons. The molecule has 0 bridgehead atoms. The molecule has 0 fully saturated rings. The lowest BCUT2D eigenvalue weighted by Gasteiger charge is -2.30. The average Bonchev–Trinajstić information content (AvgIpc) is 3.44. The zero-order valence-corrected chi connectivity index (χ0v) is 55.4. The molecule has 0 heterocycles. The second kappa shape index (κ2) is 61.1. The Hall–Kier alpha value is -2.03. The van der Waals surface area contributed by atoms with E-state index in [0.717, 1.165) is 77.0 Å². The van der Waals surface area contributed by atoms with Crippen molar-refractivity contribution in [2.75, 3.05) is 40.9 Å². The van der Waals surface area contributed by atoms with Gasteiger partial charge in [0, 0.05) is 12.8 Å². The third-order valence-electron chi connectivity index (χ3n) is 15.7. The summed E-state index contributed by atoms with van der Waals surface area (Å²) in [6, 6.07) is -0.891. The lowest BCUT2D eigenvalue weighted by Crippen LogP contribution is -2.47. The normalized spacial score (nSPS) is 13.8. The van der Waals surface area contributed by atoms with Gasteiger partial charge >= 0.3 is 5.97 Å². The van der Waals surface area contributed by atoms with Crippen molar-refractivity contribution in [2.45, 2.75) is 354 Å². The van der Waals surface area contributed by atoms with Gasteiger partial charge in [0.25, 0.3) is 7.82 Å². The lowest BCUT2D eigenvalue weighted by atomic mass is 10.0. The van der Waals surface area contributed by atoms with Crippen LogP contribution in [0.1, 0.15) is 342 Å². The number of phosphoric ester groups is 1. The third kappa shape index (κ3) is 62.3. The van der Waals surface area contributed by atoms with E-state index >= 15 is 0 Å². The Kier molecular flexibility index (Phi) is 59.5. The van der Waals surface area contributed by atoms with E-state index in [-0.39, 0.29) is 31.5 Å². The Morgan fingerprint density at radius 2 is 0.753 bits per heavy atom. The van der Waals surface area contributed by atoms with Crippen molar-refractivity contribution in [1.82, 2.24) is 5.32 Å². The van der Waals surface area contributed by atoms with E-state index < -0.39 is 20.0 Å². The molecule has 0 aliphatic heterocycles. The minimum atomic E-state index is -4.70. The van der Waals surface area contributed by atoms with Gasteiger partial charge in [-0.1, -0.05) is 288 Å². The van der Waals surface area contributed by atoms with E-state index in [0.29, 0.717) is 17.4 Å². The van der Waals surface area contributed by atoms with Crippen molar-refractivity contribution in [3.8, 4) is 0 Å². The molecule has 3 unspecified atom stereocenters. The van der Waals surface area contributed by atoms with Gasteiger partial charge in [-0.05, 0) is 89.5 Å². The Labute approximate surface area is 503 Å². The maximum Gasteiger partial charge on any atom is 0.306 e. The van der Waals surface area contributed by atoms with Crippen LogP contribution in [0.2, 0.25) is 0 Å². The molecule has 0 aliphatic carbocycles. The maximum absolute atomic E-state index is 13.5. The summed E-state index contributed by atoms with van der Waals surface area (Å²) in [4.78, 5) is 40.1. The topological polar surface area (TPSA) is 114 Å². The van der Waals surface area contributed by atoms with Gasteiger partial charge in [0.1, 0.15) is 19.3 Å². The number of carbonyl (C=O) groups is 2. The molecule has 10 heteroatoms. The Bertz CT molecular complexity index is 1520. The first-order chi connectivity index (χ1) is 39.4. The summed E-state index contributed by atoms with van der Waals surface area (Å²) in [5.41, 5.74) is 0. The summed E-state index contributed by atoms with van der Waals surface area (Å²) < 4.78 is 30.4. The molecule has 3 atom stereocenters. The van der Waals surface area contributed by atoms with E-state index in [4.69, 9.17) is 13.8 Å². The number of amides is 1. The number of hydrogen-bond donors (Lipinski definition) is 1. The SMILES string of the molecule is CCCCC/C=C\C/C=C\CCCCCCCCCC(=O)NC(COP(=O)([O-])OCC[N+](C)(C)C)C(/C=C\CCCCCCCCCCC)OC(=O)CCCCCCCCCCCCCCCCCCC/C=C/CCCCCCCC. The molecule has 0 saturated carbocycles. The maximum atomic E-state index is 13.5. The van der Waals surface area contributed by atoms with Gasteiger partial charge in [0.2, 0.25) is 5.91 Å². The number of hydrogen-bond acceptors (Lipinski definition) is 7. The molecular weight excluding hydrogens is 1020 g/mol. The summed E-state index contributed by atoms with van der Waals surface area (Å²) in [5.74, 6) is -0.537. The quantitative estimate of drug-likeness (QED) is 0.0212. The molecular formula is C71H135N2O7P. The third-order valence-corrected chi connectivity index (χ3v) is 16.7. The first-order valence-electron chi connectivity index (χ1n) is 34.9. The van der Waals surface area contributed by atoms with Crippen LogP contribution in [0.25, 0.3) is 0 Å². The van der Waals surface area contributed by atoms with Gasteiger partial charge in [-0.3, -0.25) is 14.2 Å². The second-order valence-electron chi connectivity index (χ2n) is 25.0. The largest absolute Gasteiger partial charge is 0.756 e. The lowest BCUT2D eigenvalue weighted by molar-refractivity contribution is -0.870. The number of carbonyl (C=O) groups excluding carboxylic acids is 2. The molecule has 1 amide bonds. The number of ether oxygens (including phenoxy) is 1. The van der Waals surface area contributed by atoms with Crippen LogP contribution in [0.4, 0.5) is 0 Å². The molecule has 81 heavy (non-hydrogen) atoms. The standard InChI is InChI=1S/C71H135N2O7P/c1-7-10-13-16-19-22-25-27-29-31-32-33-34-35-36-37-38-39-40-42-44-46-49-52-55-58-61-64-71(75)80-69(62-59-56-53-50-47-24-21-18-15-12-9-3)68(67-79-81(76,77)78-66-65-73(4,5)6)72-70(74)63-60-57-54-51-48-45-43-41-30-28-26-23-20-17-14-11-8-2/h20,23,27-30,59,62,68-69H,7-19,21-22,24-26,31-58,60-61,63-67H2,1-6H3,(H-,72,74,76,77)/b23-20-,29-27+,30-28-,62-59-. The number of likely N-dealkylation sites (N-methyl/N-ethyl adjacent to an activating group) is 1. The zero-order chi connectivity index (χ0) is 59.3. The predicted octanol–water partition coefficient (Wildman–Crippen LogP) is 21.4. The highest BCUT2D eigenvalue weighted by atomic mass is 31.2. The van der Waals surface area contributed by atoms with Crippen molar-refractivity contribution >= 4 is 19.7 Å². The van der Waals surface area contributed by atoms with Crippen LogP contribution in [0.15, 0.2) is 48.6 Å². The molecule has 0 aromatic rings. The molecule has 0 saturated heterocycles. The highest BCUT2D eigenvalue weighted by Gasteiger charge is 2.27. The number of unbranched alkanes of at least 4 members (excludes halogenated alkanes) is 42. The van der Waals surface area contributed by atoms with Crippen LogP contribution in [0.3, 0.4) is 0 Å². The molecule has 9 nitrogen and oxygen atoms in total. The summed E-state index contributed by atoms with van der Waals surface area (Å²) in [6.07, 6.45) is 76.7. The fourth-order valence-corrected chi connectivity index (χ4v) is 11.0. The number of phosphoric acid groups is 1. The second-order valence-corrected chi connectivity index (χ2v) is 26.4. The van der Waals surface area contributed by atoms with Crippen molar-refractivity contribution in [2.24, 2.45) is 0 Å². The predicted molar refractivity (Wildman–Crippen MR) is 349 cm³/mol. The van der Waals surface area contributed by atoms with Crippen LogP contribution in [-0.2, 0) is 27.9 Å². The first kappa shape index (κ1) is 79.0. The van der Waals surface area contributed by atoms with Gasteiger partial charge in [0.05, 0.1) is 33.8 Å². The molecule has 0 rings (SSSR count). The minimum absolute atomic E-state index is 0.0228. The molecule has 0 spiro atoms. The molecule has 0 radical (unpaired) electrons. The Morgan fingerprint density at radius 3 is 1.15 bits per heavy atom. The van der Waals surface area contributed by atoms with E-state index in [1.807, 2.05) is 33.3 Å². The molecule has 0 aliphatic rings. The van der Waals surface area contributed by atoms with Crippen molar-refractivity contribution in [3.63, 3.8) is 0 Å². The van der Waals surface area contributed by atoms with Crippen LogP contribution >= 0.6 is 7.82 Å². The van der Waals surface area contributed by atoms with Crippen molar-refractivity contribution < 1.29 is 37.3 Å². The zero-order valence-electron chi connectivity index (χ0n) is 54.5. The van der Waals surface area contributed by atoms with E-state index in [1.54, 1.807) is 0 Å². The first-order valence-corrected chi connectivity index (χ1v) is 36.4. The minimum Gasteiger partial charge on any atom is -0.756 e. The van der Waals surface area contributed by atoms with E-state index in [2.05, 4.69) is 62.5 Å².